The van der Waals surface area contributed by atoms with E-state index in [1.54, 1.807) is 11.3 Å². The lowest BCUT2D eigenvalue weighted by Gasteiger charge is -2.06. The number of halogens is 2. The fourth-order valence-corrected chi connectivity index (χ4v) is 2.54. The van der Waals surface area contributed by atoms with Crippen molar-refractivity contribution in [1.82, 2.24) is 0 Å². The molecule has 0 spiro atoms. The Morgan fingerprint density at radius 2 is 2.12 bits per heavy atom. The predicted octanol–water partition coefficient (Wildman–Crippen LogP) is 5.05. The minimum Gasteiger partial charge on any atom is -0.488 e. The van der Waals surface area contributed by atoms with Crippen LogP contribution in [0.25, 0.3) is 0 Å². The quantitative estimate of drug-likeness (QED) is 0.769. The van der Waals surface area contributed by atoms with E-state index in [0.717, 1.165) is 19.4 Å². The molecule has 0 N–H and O–H groups in total. The lowest BCUT2D eigenvalue weighted by molar-refractivity contribution is 0.309. The Bertz CT molecular complexity index is 496. The van der Waals surface area contributed by atoms with E-state index in [4.69, 9.17) is 16.3 Å². The van der Waals surface area contributed by atoms with Gasteiger partial charge in [-0.2, -0.15) is 0 Å². The number of benzene rings is 1. The maximum atomic E-state index is 5.84. The Kier molecular flexibility index (Phi) is 3.90. The van der Waals surface area contributed by atoms with Crippen LogP contribution in [-0.4, -0.2) is 0 Å². The third-order valence-electron chi connectivity index (χ3n) is 2.14. The summed E-state index contributed by atoms with van der Waals surface area (Å²) >= 11 is 10.8. The number of rotatable bonds is 3. The second-order valence-electron chi connectivity index (χ2n) is 3.41. The van der Waals surface area contributed by atoms with Crippen LogP contribution in [0.5, 0.6) is 5.75 Å². The van der Waals surface area contributed by atoms with Crippen LogP contribution in [0.2, 0.25) is 4.34 Å². The minimum absolute atomic E-state index is 0.568. The molecule has 0 radical (unpaired) electrons. The predicted molar refractivity (Wildman–Crippen MR) is 72.5 cm³/mol. The van der Waals surface area contributed by atoms with Crippen molar-refractivity contribution in [3.05, 3.63) is 49.6 Å². The number of ether oxygens (including phenoxy) is 1. The van der Waals surface area contributed by atoms with Crippen LogP contribution in [0.4, 0.5) is 0 Å². The molecule has 0 atom stereocenters. The SMILES string of the molecule is Cc1cc(OCc2ccc(Cl)s2)ccc1Br. The van der Waals surface area contributed by atoms with Gasteiger partial charge in [-0.3, -0.25) is 0 Å². The van der Waals surface area contributed by atoms with Gasteiger partial charge in [-0.25, -0.2) is 0 Å². The summed E-state index contributed by atoms with van der Waals surface area (Å²) in [6.45, 7) is 2.61. The van der Waals surface area contributed by atoms with Crippen molar-refractivity contribution < 1.29 is 4.74 Å². The van der Waals surface area contributed by atoms with E-state index >= 15 is 0 Å². The lowest BCUT2D eigenvalue weighted by Crippen LogP contribution is -1.93. The third-order valence-corrected chi connectivity index (χ3v) is 4.23. The molecular weight excluding hydrogens is 308 g/mol. The van der Waals surface area contributed by atoms with Gasteiger partial charge >= 0.3 is 0 Å². The van der Waals surface area contributed by atoms with E-state index in [2.05, 4.69) is 15.9 Å². The van der Waals surface area contributed by atoms with E-state index in [0.29, 0.717) is 6.61 Å². The summed E-state index contributed by atoms with van der Waals surface area (Å²) in [5.74, 6) is 0.880. The van der Waals surface area contributed by atoms with Gasteiger partial charge in [0.1, 0.15) is 12.4 Å². The summed E-state index contributed by atoms with van der Waals surface area (Å²) in [7, 11) is 0. The van der Waals surface area contributed by atoms with E-state index in [1.165, 1.54) is 5.56 Å². The van der Waals surface area contributed by atoms with Gasteiger partial charge in [0.2, 0.25) is 0 Å². The monoisotopic (exact) mass is 316 g/mol. The van der Waals surface area contributed by atoms with Gasteiger partial charge in [0.05, 0.1) is 4.34 Å². The molecule has 2 rings (SSSR count). The highest BCUT2D eigenvalue weighted by atomic mass is 79.9. The fraction of sp³-hybridized carbons (Fsp3) is 0.167. The van der Waals surface area contributed by atoms with Crippen LogP contribution in [0.15, 0.2) is 34.8 Å². The zero-order valence-corrected chi connectivity index (χ0v) is 11.8. The molecule has 84 valence electrons. The number of thiophene rings is 1. The standard InChI is InChI=1S/C12H10BrClOS/c1-8-6-9(2-4-11(8)13)15-7-10-3-5-12(14)16-10/h2-6H,7H2,1H3. The largest absolute Gasteiger partial charge is 0.488 e. The Balaban J connectivity index is 2.02. The molecule has 0 unspecified atom stereocenters. The van der Waals surface area contributed by atoms with Crippen LogP contribution in [0.1, 0.15) is 10.4 Å². The molecule has 2 aromatic rings. The summed E-state index contributed by atoms with van der Waals surface area (Å²) in [6, 6.07) is 9.83. The summed E-state index contributed by atoms with van der Waals surface area (Å²) in [5.41, 5.74) is 1.17. The maximum Gasteiger partial charge on any atom is 0.122 e. The molecule has 0 fully saturated rings. The first-order valence-electron chi connectivity index (χ1n) is 4.78. The second kappa shape index (κ2) is 5.21. The van der Waals surface area contributed by atoms with Gasteiger partial charge in [0.15, 0.2) is 0 Å². The molecule has 1 heterocycles. The Morgan fingerprint density at radius 1 is 1.31 bits per heavy atom. The van der Waals surface area contributed by atoms with Gasteiger partial charge in [0, 0.05) is 9.35 Å². The maximum absolute atomic E-state index is 5.84. The van der Waals surface area contributed by atoms with Gasteiger partial charge in [0.25, 0.3) is 0 Å². The van der Waals surface area contributed by atoms with Crippen molar-refractivity contribution >= 4 is 38.9 Å². The molecule has 0 aliphatic heterocycles. The zero-order chi connectivity index (χ0) is 11.5. The number of hydrogen-bond donors (Lipinski definition) is 0. The summed E-state index contributed by atoms with van der Waals surface area (Å²) in [5, 5.41) is 0. The molecule has 0 aliphatic rings. The van der Waals surface area contributed by atoms with Crippen molar-refractivity contribution in [2.24, 2.45) is 0 Å². The molecular formula is C12H10BrClOS. The topological polar surface area (TPSA) is 9.23 Å². The average molecular weight is 318 g/mol. The molecule has 0 saturated carbocycles. The van der Waals surface area contributed by atoms with E-state index in [-0.39, 0.29) is 0 Å². The normalized spacial score (nSPS) is 10.4. The zero-order valence-electron chi connectivity index (χ0n) is 8.67. The van der Waals surface area contributed by atoms with E-state index < -0.39 is 0 Å². The molecule has 0 amide bonds. The number of hydrogen-bond acceptors (Lipinski definition) is 2. The Morgan fingerprint density at radius 3 is 2.75 bits per heavy atom. The molecule has 1 aromatic heterocycles. The summed E-state index contributed by atoms with van der Waals surface area (Å²) < 4.78 is 7.57. The molecule has 0 aliphatic carbocycles. The van der Waals surface area contributed by atoms with Crippen molar-refractivity contribution in [2.75, 3.05) is 0 Å². The lowest BCUT2D eigenvalue weighted by atomic mass is 10.2. The van der Waals surface area contributed by atoms with Crippen LogP contribution in [0.3, 0.4) is 0 Å². The first-order chi connectivity index (χ1) is 7.65. The molecule has 1 nitrogen and oxygen atoms in total. The highest BCUT2D eigenvalue weighted by Gasteiger charge is 2.01. The minimum atomic E-state index is 0.568. The van der Waals surface area contributed by atoms with Crippen molar-refractivity contribution in [2.45, 2.75) is 13.5 Å². The van der Waals surface area contributed by atoms with Crippen LogP contribution < -0.4 is 4.74 Å². The van der Waals surface area contributed by atoms with Crippen LogP contribution in [0, 0.1) is 6.92 Å². The van der Waals surface area contributed by atoms with Crippen LogP contribution >= 0.6 is 38.9 Å². The Labute approximate surface area is 112 Å². The van der Waals surface area contributed by atoms with Gasteiger partial charge in [-0.1, -0.05) is 27.5 Å². The first-order valence-corrected chi connectivity index (χ1v) is 6.77. The van der Waals surface area contributed by atoms with Gasteiger partial charge in [-0.15, -0.1) is 11.3 Å². The van der Waals surface area contributed by atoms with Crippen molar-refractivity contribution in [3.63, 3.8) is 0 Å². The molecule has 4 heteroatoms. The second-order valence-corrected chi connectivity index (χ2v) is 6.06. The average Bonchev–Trinajstić information content (AvgIpc) is 2.66. The van der Waals surface area contributed by atoms with E-state index in [1.807, 2.05) is 37.3 Å². The highest BCUT2D eigenvalue weighted by molar-refractivity contribution is 9.10. The molecule has 1 aromatic carbocycles. The highest BCUT2D eigenvalue weighted by Crippen LogP contribution is 2.25. The van der Waals surface area contributed by atoms with Crippen molar-refractivity contribution in [3.8, 4) is 5.75 Å². The van der Waals surface area contributed by atoms with Gasteiger partial charge < -0.3 is 4.74 Å². The van der Waals surface area contributed by atoms with E-state index in [9.17, 15) is 0 Å². The summed E-state index contributed by atoms with van der Waals surface area (Å²) in [4.78, 5) is 1.13. The first kappa shape index (κ1) is 12.0. The molecule has 16 heavy (non-hydrogen) atoms. The number of aryl methyl sites for hydroxylation is 1. The third kappa shape index (κ3) is 3.00. The Hall–Kier alpha value is -0.510. The molecule has 0 saturated heterocycles. The molecule has 0 bridgehead atoms. The van der Waals surface area contributed by atoms with Gasteiger partial charge in [-0.05, 0) is 42.8 Å². The fourth-order valence-electron chi connectivity index (χ4n) is 1.29. The van der Waals surface area contributed by atoms with Crippen molar-refractivity contribution in [1.29, 1.82) is 0 Å². The summed E-state index contributed by atoms with van der Waals surface area (Å²) in [6.07, 6.45) is 0. The smallest absolute Gasteiger partial charge is 0.122 e. The van der Waals surface area contributed by atoms with Crippen LogP contribution in [-0.2, 0) is 6.61 Å².